The zero-order chi connectivity index (χ0) is 19.8. The fraction of sp³-hybridized carbons (Fsp3) is 0.316. The van der Waals surface area contributed by atoms with E-state index in [0.29, 0.717) is 17.1 Å². The third kappa shape index (κ3) is 3.04. The molecule has 9 heteroatoms. The molecule has 9 nitrogen and oxygen atoms in total. The maximum absolute atomic E-state index is 12.8. The molecule has 1 unspecified atom stereocenters. The number of fused-ring (bicyclic) bond motifs is 2. The van der Waals surface area contributed by atoms with Crippen molar-refractivity contribution < 1.29 is 14.3 Å². The third-order valence-electron chi connectivity index (χ3n) is 4.59. The molecule has 0 spiro atoms. The molecule has 1 aliphatic rings. The van der Waals surface area contributed by atoms with Gasteiger partial charge in [0.2, 0.25) is 5.82 Å². The van der Waals surface area contributed by atoms with Crippen LogP contribution in [0.3, 0.4) is 0 Å². The first-order chi connectivity index (χ1) is 13.5. The van der Waals surface area contributed by atoms with Gasteiger partial charge in [0.15, 0.2) is 5.65 Å². The van der Waals surface area contributed by atoms with Crippen molar-refractivity contribution in [3.63, 3.8) is 0 Å². The number of nitrogens with one attached hydrogen (secondary N) is 1. The van der Waals surface area contributed by atoms with E-state index >= 15 is 0 Å². The first kappa shape index (κ1) is 17.9. The fourth-order valence-electron chi connectivity index (χ4n) is 3.10. The lowest BCUT2D eigenvalue weighted by Crippen LogP contribution is -2.49. The van der Waals surface area contributed by atoms with Gasteiger partial charge in [-0.3, -0.25) is 9.59 Å². The summed E-state index contributed by atoms with van der Waals surface area (Å²) in [5.74, 6) is -0.243. The summed E-state index contributed by atoms with van der Waals surface area (Å²) in [6.45, 7) is 3.98. The Hall–Kier alpha value is -3.49. The van der Waals surface area contributed by atoms with Crippen LogP contribution in [0.1, 0.15) is 30.5 Å². The topological polar surface area (TPSA) is 102 Å². The van der Waals surface area contributed by atoms with E-state index in [-0.39, 0.29) is 24.4 Å². The smallest absolute Gasteiger partial charge is 0.289 e. The number of para-hydroxylation sites is 2. The maximum atomic E-state index is 12.8. The summed E-state index contributed by atoms with van der Waals surface area (Å²) >= 11 is 0. The number of rotatable bonds is 3. The third-order valence-corrected chi connectivity index (χ3v) is 4.59. The van der Waals surface area contributed by atoms with Crippen LogP contribution in [0.2, 0.25) is 0 Å². The lowest BCUT2D eigenvalue weighted by molar-refractivity contribution is -0.120. The second-order valence-electron chi connectivity index (χ2n) is 6.86. The lowest BCUT2D eigenvalue weighted by atomic mass is 10.2. The highest BCUT2D eigenvalue weighted by molar-refractivity contribution is 6.02. The van der Waals surface area contributed by atoms with Gasteiger partial charge in [0.25, 0.3) is 11.8 Å². The molecular formula is C19H20N6O3. The van der Waals surface area contributed by atoms with Gasteiger partial charge in [-0.2, -0.15) is 5.10 Å². The number of ether oxygens (including phenoxy) is 1. The van der Waals surface area contributed by atoms with Gasteiger partial charge in [-0.1, -0.05) is 12.1 Å². The average Bonchev–Trinajstić information content (AvgIpc) is 3.09. The van der Waals surface area contributed by atoms with Crippen molar-refractivity contribution >= 4 is 28.5 Å². The van der Waals surface area contributed by atoms with Crippen LogP contribution in [-0.2, 0) is 4.79 Å². The summed E-state index contributed by atoms with van der Waals surface area (Å²) in [5, 5.41) is 7.70. The number of benzene rings is 1. The summed E-state index contributed by atoms with van der Waals surface area (Å²) in [7, 11) is 1.65. The number of carbonyl (C=O) groups is 2. The Kier molecular flexibility index (Phi) is 4.42. The first-order valence-electron chi connectivity index (χ1n) is 8.96. The number of carbonyl (C=O) groups excluding carboxylic acids is 2. The molecule has 2 amide bonds. The van der Waals surface area contributed by atoms with Crippen LogP contribution in [0, 0.1) is 0 Å². The maximum Gasteiger partial charge on any atom is 0.289 e. The van der Waals surface area contributed by atoms with Crippen LogP contribution < -0.4 is 15.0 Å². The van der Waals surface area contributed by atoms with E-state index in [1.807, 2.05) is 26.0 Å². The normalized spacial score (nSPS) is 16.6. The highest BCUT2D eigenvalue weighted by Gasteiger charge is 2.31. The standard InChI is InChI=1S/C19H20N6O3/c1-11(2)25-17-12(9-21-25)8-20-16(23-17)18(26)22-13-10-28-15-7-5-4-6-14(15)24(3)19(13)27/h4-9,11,13H,10H2,1-3H3,(H,22,26). The quantitative estimate of drug-likeness (QED) is 0.740. The first-order valence-corrected chi connectivity index (χ1v) is 8.96. The second-order valence-corrected chi connectivity index (χ2v) is 6.86. The molecule has 0 aliphatic carbocycles. The molecule has 0 bridgehead atoms. The van der Waals surface area contributed by atoms with Crippen molar-refractivity contribution in [3.05, 3.63) is 42.5 Å². The molecule has 2 aromatic heterocycles. The SMILES string of the molecule is CC(C)n1ncc2cnc(C(=O)NC3COc4ccccc4N(C)C3=O)nc21. The summed E-state index contributed by atoms with van der Waals surface area (Å²) in [6.07, 6.45) is 3.21. The Labute approximate surface area is 161 Å². The van der Waals surface area contributed by atoms with Crippen molar-refractivity contribution in [1.29, 1.82) is 0 Å². The van der Waals surface area contributed by atoms with Gasteiger partial charge in [0.1, 0.15) is 18.4 Å². The minimum Gasteiger partial charge on any atom is -0.489 e. The van der Waals surface area contributed by atoms with Gasteiger partial charge in [-0.15, -0.1) is 0 Å². The van der Waals surface area contributed by atoms with Crippen molar-refractivity contribution in [2.24, 2.45) is 0 Å². The van der Waals surface area contributed by atoms with Gasteiger partial charge in [0, 0.05) is 19.3 Å². The lowest BCUT2D eigenvalue weighted by Gasteiger charge is -2.20. The van der Waals surface area contributed by atoms with E-state index in [2.05, 4.69) is 20.4 Å². The van der Waals surface area contributed by atoms with Gasteiger partial charge in [0.05, 0.1) is 17.3 Å². The van der Waals surface area contributed by atoms with Gasteiger partial charge in [-0.25, -0.2) is 14.6 Å². The van der Waals surface area contributed by atoms with Gasteiger partial charge < -0.3 is 15.0 Å². The fourth-order valence-corrected chi connectivity index (χ4v) is 3.10. The Bertz CT molecular complexity index is 1060. The zero-order valence-corrected chi connectivity index (χ0v) is 15.8. The molecule has 28 heavy (non-hydrogen) atoms. The van der Waals surface area contributed by atoms with E-state index in [9.17, 15) is 9.59 Å². The molecule has 0 saturated carbocycles. The molecule has 4 rings (SSSR count). The summed E-state index contributed by atoms with van der Waals surface area (Å²) in [4.78, 5) is 35.4. The second kappa shape index (κ2) is 6.91. The van der Waals surface area contributed by atoms with E-state index in [4.69, 9.17) is 4.74 Å². The molecule has 1 N–H and O–H groups in total. The highest BCUT2D eigenvalue weighted by atomic mass is 16.5. The molecule has 144 valence electrons. The minimum absolute atomic E-state index is 0.0212. The van der Waals surface area contributed by atoms with E-state index in [1.54, 1.807) is 36.3 Å². The Balaban J connectivity index is 1.57. The van der Waals surface area contributed by atoms with Crippen LogP contribution >= 0.6 is 0 Å². The number of hydrogen-bond donors (Lipinski definition) is 1. The van der Waals surface area contributed by atoms with Gasteiger partial charge in [-0.05, 0) is 26.0 Å². The summed E-state index contributed by atoms with van der Waals surface area (Å²) in [6, 6.07) is 6.48. The molecule has 0 radical (unpaired) electrons. The van der Waals surface area contributed by atoms with Crippen LogP contribution in [0.15, 0.2) is 36.7 Å². The van der Waals surface area contributed by atoms with Crippen LogP contribution in [0.25, 0.3) is 11.0 Å². The summed E-state index contributed by atoms with van der Waals surface area (Å²) < 4.78 is 7.44. The molecule has 1 atom stereocenters. The molecular weight excluding hydrogens is 360 g/mol. The van der Waals surface area contributed by atoms with Crippen LogP contribution in [-0.4, -0.2) is 51.3 Å². The number of hydrogen-bond acceptors (Lipinski definition) is 6. The van der Waals surface area contributed by atoms with Crippen LogP contribution in [0.4, 0.5) is 5.69 Å². The van der Waals surface area contributed by atoms with Crippen LogP contribution in [0.5, 0.6) is 5.75 Å². The molecule has 1 aliphatic heterocycles. The number of anilines is 1. The Morgan fingerprint density at radius 1 is 1.29 bits per heavy atom. The number of amides is 2. The highest BCUT2D eigenvalue weighted by Crippen LogP contribution is 2.29. The molecule has 3 aromatic rings. The largest absolute Gasteiger partial charge is 0.489 e. The van der Waals surface area contributed by atoms with E-state index in [1.165, 1.54) is 4.90 Å². The zero-order valence-electron chi connectivity index (χ0n) is 15.8. The Morgan fingerprint density at radius 3 is 2.86 bits per heavy atom. The van der Waals surface area contributed by atoms with Gasteiger partial charge >= 0.3 is 0 Å². The average molecular weight is 380 g/mol. The van der Waals surface area contributed by atoms with Crippen molar-refractivity contribution in [2.45, 2.75) is 25.9 Å². The molecule has 0 saturated heterocycles. The molecule has 3 heterocycles. The number of likely N-dealkylation sites (N-methyl/N-ethyl adjacent to an activating group) is 1. The van der Waals surface area contributed by atoms with Crippen molar-refractivity contribution in [1.82, 2.24) is 25.1 Å². The summed E-state index contributed by atoms with van der Waals surface area (Å²) in [5.41, 5.74) is 1.23. The monoisotopic (exact) mass is 380 g/mol. The molecule has 1 aromatic carbocycles. The van der Waals surface area contributed by atoms with E-state index in [0.717, 1.165) is 5.39 Å². The predicted octanol–water partition coefficient (Wildman–Crippen LogP) is 1.56. The molecule has 0 fully saturated rings. The number of aromatic nitrogens is 4. The van der Waals surface area contributed by atoms with Crippen molar-refractivity contribution in [3.8, 4) is 5.75 Å². The van der Waals surface area contributed by atoms with Crippen molar-refractivity contribution in [2.75, 3.05) is 18.6 Å². The number of nitrogens with zero attached hydrogens (tertiary/aromatic N) is 5. The van der Waals surface area contributed by atoms with E-state index < -0.39 is 11.9 Å². The Morgan fingerprint density at radius 2 is 2.07 bits per heavy atom. The minimum atomic E-state index is -0.848. The predicted molar refractivity (Wildman–Crippen MR) is 102 cm³/mol.